The lowest BCUT2D eigenvalue weighted by Gasteiger charge is -2.19. The number of hydrazone groups is 1. The fraction of sp³-hybridized carbons (Fsp3) is 0.211. The second-order valence-corrected chi connectivity index (χ2v) is 8.58. The number of aromatic nitrogens is 1. The summed E-state index contributed by atoms with van der Waals surface area (Å²) >= 11 is 0. The fourth-order valence-corrected chi connectivity index (χ4v) is 3.34. The highest BCUT2D eigenvalue weighted by atomic mass is 32.2. The van der Waals surface area contributed by atoms with Crippen molar-refractivity contribution in [3.05, 3.63) is 65.9 Å². The first-order chi connectivity index (χ1) is 11.8. The van der Waals surface area contributed by atoms with Gasteiger partial charge in [-0.2, -0.15) is 13.5 Å². The van der Waals surface area contributed by atoms with Gasteiger partial charge in [-0.15, -0.1) is 0 Å². The molecular formula is C19H21N3O2S. The van der Waals surface area contributed by atoms with E-state index in [1.807, 2.05) is 36.4 Å². The van der Waals surface area contributed by atoms with Gasteiger partial charge in [0.1, 0.15) is 0 Å². The minimum atomic E-state index is -3.69. The van der Waals surface area contributed by atoms with Gasteiger partial charge in [0, 0.05) is 22.7 Å². The molecule has 2 aromatic carbocycles. The minimum absolute atomic E-state index is 0.0246. The van der Waals surface area contributed by atoms with Gasteiger partial charge < -0.3 is 4.98 Å². The molecule has 0 saturated carbocycles. The van der Waals surface area contributed by atoms with Crippen molar-refractivity contribution < 1.29 is 8.42 Å². The van der Waals surface area contributed by atoms with Crippen LogP contribution < -0.4 is 4.83 Å². The van der Waals surface area contributed by atoms with Gasteiger partial charge in [0.15, 0.2) is 0 Å². The Bertz CT molecular complexity index is 1010. The first-order valence-electron chi connectivity index (χ1n) is 7.99. The third-order valence-electron chi connectivity index (χ3n) is 4.03. The number of rotatable bonds is 4. The molecule has 0 radical (unpaired) electrons. The SMILES string of the molecule is CC(C)(C)c1ccc(S(=O)(=O)N/N=C\c2c[nH]c3ccccc23)cc1. The second-order valence-electron chi connectivity index (χ2n) is 6.92. The highest BCUT2D eigenvalue weighted by Crippen LogP contribution is 2.23. The Kier molecular flexibility index (Phi) is 4.39. The van der Waals surface area contributed by atoms with E-state index in [2.05, 4.69) is 35.7 Å². The van der Waals surface area contributed by atoms with Crippen molar-refractivity contribution >= 4 is 27.1 Å². The Morgan fingerprint density at radius 1 is 1.04 bits per heavy atom. The van der Waals surface area contributed by atoms with Gasteiger partial charge in [-0.3, -0.25) is 0 Å². The number of nitrogens with zero attached hydrogens (tertiary/aromatic N) is 1. The summed E-state index contributed by atoms with van der Waals surface area (Å²) in [7, 11) is -3.69. The van der Waals surface area contributed by atoms with Crippen molar-refractivity contribution in [1.29, 1.82) is 0 Å². The van der Waals surface area contributed by atoms with E-state index in [4.69, 9.17) is 0 Å². The van der Waals surface area contributed by atoms with Gasteiger partial charge in [-0.05, 0) is 29.2 Å². The molecule has 0 atom stereocenters. The van der Waals surface area contributed by atoms with Crippen LogP contribution in [0.2, 0.25) is 0 Å². The molecule has 0 unspecified atom stereocenters. The molecule has 6 heteroatoms. The van der Waals surface area contributed by atoms with Crippen LogP contribution in [0.3, 0.4) is 0 Å². The Hall–Kier alpha value is -2.60. The smallest absolute Gasteiger partial charge is 0.276 e. The largest absolute Gasteiger partial charge is 0.361 e. The molecule has 0 aliphatic carbocycles. The van der Waals surface area contributed by atoms with Crippen molar-refractivity contribution in [2.75, 3.05) is 0 Å². The quantitative estimate of drug-likeness (QED) is 0.552. The normalized spacial score (nSPS) is 12.8. The number of para-hydroxylation sites is 1. The molecule has 0 bridgehead atoms. The number of fused-ring (bicyclic) bond motifs is 1. The zero-order valence-electron chi connectivity index (χ0n) is 14.4. The van der Waals surface area contributed by atoms with Gasteiger partial charge in [0.05, 0.1) is 11.1 Å². The molecule has 0 amide bonds. The number of aromatic amines is 1. The Balaban J connectivity index is 1.77. The molecule has 3 rings (SSSR count). The van der Waals surface area contributed by atoms with E-state index in [1.165, 1.54) is 6.21 Å². The highest BCUT2D eigenvalue weighted by molar-refractivity contribution is 7.89. The van der Waals surface area contributed by atoms with Crippen LogP contribution in [-0.4, -0.2) is 19.6 Å². The van der Waals surface area contributed by atoms with Gasteiger partial charge in [0.2, 0.25) is 0 Å². The van der Waals surface area contributed by atoms with Gasteiger partial charge in [-0.25, -0.2) is 4.83 Å². The van der Waals surface area contributed by atoms with Crippen LogP contribution >= 0.6 is 0 Å². The zero-order valence-corrected chi connectivity index (χ0v) is 15.3. The molecule has 0 aliphatic rings. The minimum Gasteiger partial charge on any atom is -0.361 e. The summed E-state index contributed by atoms with van der Waals surface area (Å²) in [5.41, 5.74) is 2.85. The van der Waals surface area contributed by atoms with Crippen LogP contribution in [0.5, 0.6) is 0 Å². The van der Waals surface area contributed by atoms with E-state index in [-0.39, 0.29) is 10.3 Å². The fourth-order valence-electron chi connectivity index (χ4n) is 2.55. The van der Waals surface area contributed by atoms with E-state index in [0.29, 0.717) is 0 Å². The monoisotopic (exact) mass is 355 g/mol. The Morgan fingerprint density at radius 2 is 1.72 bits per heavy atom. The summed E-state index contributed by atoms with van der Waals surface area (Å²) in [4.78, 5) is 5.57. The van der Waals surface area contributed by atoms with Crippen LogP contribution in [0, 0.1) is 0 Å². The molecule has 1 aromatic heterocycles. The third kappa shape index (κ3) is 3.74. The van der Waals surface area contributed by atoms with Crippen LogP contribution in [0.25, 0.3) is 10.9 Å². The molecule has 0 fully saturated rings. The number of nitrogens with one attached hydrogen (secondary N) is 2. The average Bonchev–Trinajstić information content (AvgIpc) is 2.97. The summed E-state index contributed by atoms with van der Waals surface area (Å²) in [6, 6.07) is 14.6. The van der Waals surface area contributed by atoms with Crippen molar-refractivity contribution in [3.8, 4) is 0 Å². The second kappa shape index (κ2) is 6.37. The van der Waals surface area contributed by atoms with E-state index in [1.54, 1.807) is 18.3 Å². The topological polar surface area (TPSA) is 74.3 Å². The lowest BCUT2D eigenvalue weighted by atomic mass is 9.87. The average molecular weight is 355 g/mol. The van der Waals surface area contributed by atoms with Gasteiger partial charge >= 0.3 is 0 Å². The first-order valence-corrected chi connectivity index (χ1v) is 9.47. The van der Waals surface area contributed by atoms with Crippen molar-refractivity contribution in [3.63, 3.8) is 0 Å². The van der Waals surface area contributed by atoms with Gasteiger partial charge in [-0.1, -0.05) is 51.1 Å². The van der Waals surface area contributed by atoms with Crippen LogP contribution in [0.4, 0.5) is 0 Å². The maximum atomic E-state index is 12.4. The predicted octanol–water partition coefficient (Wildman–Crippen LogP) is 3.78. The van der Waals surface area contributed by atoms with Crippen LogP contribution in [0.15, 0.2) is 64.7 Å². The first kappa shape index (κ1) is 17.2. The standard InChI is InChI=1S/C19H21N3O2S/c1-19(2,3)15-8-10-16(11-9-15)25(23,24)22-21-13-14-12-20-18-7-5-4-6-17(14)18/h4-13,20,22H,1-3H3/b21-13-. The Morgan fingerprint density at radius 3 is 2.40 bits per heavy atom. The molecule has 130 valence electrons. The summed E-state index contributed by atoms with van der Waals surface area (Å²) in [6.45, 7) is 6.25. The molecule has 1 heterocycles. The van der Waals surface area contributed by atoms with Crippen molar-refractivity contribution in [2.24, 2.45) is 5.10 Å². The van der Waals surface area contributed by atoms with Crippen LogP contribution in [0.1, 0.15) is 31.9 Å². The maximum absolute atomic E-state index is 12.4. The van der Waals surface area contributed by atoms with Crippen molar-refractivity contribution in [2.45, 2.75) is 31.1 Å². The summed E-state index contributed by atoms with van der Waals surface area (Å²) in [5.74, 6) is 0. The van der Waals surface area contributed by atoms with E-state index < -0.39 is 10.0 Å². The highest BCUT2D eigenvalue weighted by Gasteiger charge is 2.17. The summed E-state index contributed by atoms with van der Waals surface area (Å²) in [6.07, 6.45) is 3.29. The summed E-state index contributed by atoms with van der Waals surface area (Å²) in [5, 5.41) is 4.89. The summed E-state index contributed by atoms with van der Waals surface area (Å²) < 4.78 is 24.7. The molecule has 0 spiro atoms. The van der Waals surface area contributed by atoms with Gasteiger partial charge in [0.25, 0.3) is 10.0 Å². The third-order valence-corrected chi connectivity index (χ3v) is 5.27. The molecule has 25 heavy (non-hydrogen) atoms. The lowest BCUT2D eigenvalue weighted by Crippen LogP contribution is -2.19. The lowest BCUT2D eigenvalue weighted by molar-refractivity contribution is 0.580. The van der Waals surface area contributed by atoms with E-state index >= 15 is 0 Å². The molecular weight excluding hydrogens is 334 g/mol. The zero-order chi connectivity index (χ0) is 18.1. The predicted molar refractivity (Wildman–Crippen MR) is 101 cm³/mol. The molecule has 2 N–H and O–H groups in total. The molecule has 5 nitrogen and oxygen atoms in total. The van der Waals surface area contributed by atoms with E-state index in [0.717, 1.165) is 22.0 Å². The number of benzene rings is 2. The number of hydrogen-bond acceptors (Lipinski definition) is 3. The molecule has 0 saturated heterocycles. The van der Waals surface area contributed by atoms with Crippen molar-refractivity contribution in [1.82, 2.24) is 9.82 Å². The van der Waals surface area contributed by atoms with E-state index in [9.17, 15) is 8.42 Å². The number of H-pyrrole nitrogens is 1. The number of sulfonamides is 1. The maximum Gasteiger partial charge on any atom is 0.276 e. The molecule has 3 aromatic rings. The number of hydrogen-bond donors (Lipinski definition) is 2. The molecule has 0 aliphatic heterocycles. The Labute approximate surface area is 147 Å². The van der Waals surface area contributed by atoms with Crippen LogP contribution in [-0.2, 0) is 15.4 Å².